The third-order valence-electron chi connectivity index (χ3n) is 2.97. The van der Waals surface area contributed by atoms with Crippen molar-refractivity contribution in [2.75, 3.05) is 0 Å². The molecule has 3 nitrogen and oxygen atoms in total. The highest BCUT2D eigenvalue weighted by Gasteiger charge is 2.22. The van der Waals surface area contributed by atoms with Crippen molar-refractivity contribution in [1.29, 1.82) is 0 Å². The molecule has 1 aromatic heterocycles. The highest BCUT2D eigenvalue weighted by Crippen LogP contribution is 2.26. The monoisotopic (exact) mass is 313 g/mol. The van der Waals surface area contributed by atoms with Gasteiger partial charge in [-0.15, -0.1) is 0 Å². The van der Waals surface area contributed by atoms with E-state index >= 15 is 0 Å². The van der Waals surface area contributed by atoms with E-state index in [1.165, 1.54) is 10.9 Å². The number of nitrogens with zero attached hydrogens (tertiary/aromatic N) is 2. The Bertz CT molecular complexity index is 600. The lowest BCUT2D eigenvalue weighted by Crippen LogP contribution is -2.35. The van der Waals surface area contributed by atoms with Gasteiger partial charge in [-0.3, -0.25) is 0 Å². The number of halogens is 3. The van der Waals surface area contributed by atoms with Gasteiger partial charge < -0.3 is 5.32 Å². The number of rotatable bonds is 4. The van der Waals surface area contributed by atoms with Gasteiger partial charge >= 0.3 is 0 Å². The van der Waals surface area contributed by atoms with E-state index in [9.17, 15) is 8.78 Å². The summed E-state index contributed by atoms with van der Waals surface area (Å²) in [6, 6.07) is 6.64. The molecule has 0 saturated carbocycles. The second kappa shape index (κ2) is 6.12. The Labute approximate surface area is 127 Å². The van der Waals surface area contributed by atoms with Gasteiger partial charge in [0, 0.05) is 22.7 Å². The quantitative estimate of drug-likeness (QED) is 0.909. The smallest absolute Gasteiger partial charge is 0.280 e. The summed E-state index contributed by atoms with van der Waals surface area (Å²) in [5.41, 5.74) is 0.822. The molecule has 0 atom stereocenters. The molecule has 0 spiro atoms. The van der Waals surface area contributed by atoms with E-state index in [1.54, 1.807) is 24.3 Å². The Hall–Kier alpha value is -1.46. The Morgan fingerprint density at radius 2 is 1.86 bits per heavy atom. The van der Waals surface area contributed by atoms with Crippen LogP contribution in [0.3, 0.4) is 0 Å². The fourth-order valence-electron chi connectivity index (χ4n) is 1.91. The first-order valence-corrected chi connectivity index (χ1v) is 7.01. The van der Waals surface area contributed by atoms with Crippen LogP contribution >= 0.6 is 11.6 Å². The zero-order valence-electron chi connectivity index (χ0n) is 12.2. The van der Waals surface area contributed by atoms with E-state index in [2.05, 4.69) is 10.4 Å². The number of benzene rings is 1. The van der Waals surface area contributed by atoms with Crippen LogP contribution in [0.2, 0.25) is 5.02 Å². The van der Waals surface area contributed by atoms with Crippen LogP contribution < -0.4 is 5.32 Å². The van der Waals surface area contributed by atoms with Crippen LogP contribution in [0.5, 0.6) is 0 Å². The molecule has 1 aromatic carbocycles. The summed E-state index contributed by atoms with van der Waals surface area (Å²) in [7, 11) is 0. The van der Waals surface area contributed by atoms with Gasteiger partial charge in [-0.1, -0.05) is 11.6 Å². The van der Waals surface area contributed by atoms with E-state index < -0.39 is 6.43 Å². The van der Waals surface area contributed by atoms with Crippen molar-refractivity contribution in [3.05, 3.63) is 46.7 Å². The van der Waals surface area contributed by atoms with Crippen LogP contribution in [-0.2, 0) is 6.54 Å². The molecule has 0 saturated heterocycles. The molecule has 1 heterocycles. The van der Waals surface area contributed by atoms with E-state index in [4.69, 9.17) is 11.6 Å². The van der Waals surface area contributed by atoms with Gasteiger partial charge in [-0.2, -0.15) is 5.10 Å². The molecule has 1 N–H and O–H groups in total. The lowest BCUT2D eigenvalue weighted by Gasteiger charge is -2.20. The molecule has 2 rings (SSSR count). The largest absolute Gasteiger partial charge is 0.308 e. The molecule has 2 aromatic rings. The average molecular weight is 314 g/mol. The standard InChI is InChI=1S/C15H18ClF2N3/c1-15(2,3)19-8-10-9-20-21(13(10)14(17)18)12-6-4-11(16)5-7-12/h4-7,9,14,19H,8H2,1-3H3. The zero-order chi connectivity index (χ0) is 15.6. The van der Waals surface area contributed by atoms with Crippen molar-refractivity contribution in [3.8, 4) is 5.69 Å². The molecule has 0 amide bonds. The molecule has 0 radical (unpaired) electrons. The highest BCUT2D eigenvalue weighted by atomic mass is 35.5. The number of aromatic nitrogens is 2. The van der Waals surface area contributed by atoms with Crippen LogP contribution in [-0.4, -0.2) is 15.3 Å². The predicted molar refractivity (Wildman–Crippen MR) is 80.1 cm³/mol. The van der Waals surface area contributed by atoms with Gasteiger partial charge in [0.15, 0.2) is 0 Å². The van der Waals surface area contributed by atoms with Crippen LogP contribution in [0.15, 0.2) is 30.5 Å². The number of nitrogens with one attached hydrogen (secondary N) is 1. The van der Waals surface area contributed by atoms with Crippen LogP contribution in [0, 0.1) is 0 Å². The van der Waals surface area contributed by atoms with Gasteiger partial charge in [0.1, 0.15) is 5.69 Å². The third kappa shape index (κ3) is 4.02. The molecule has 6 heteroatoms. The van der Waals surface area contributed by atoms with Crippen molar-refractivity contribution in [2.24, 2.45) is 0 Å². The second-order valence-electron chi connectivity index (χ2n) is 5.85. The maximum atomic E-state index is 13.4. The maximum Gasteiger partial charge on any atom is 0.280 e. The molecule has 0 aliphatic heterocycles. The normalized spacial score (nSPS) is 12.1. The third-order valence-corrected chi connectivity index (χ3v) is 3.23. The fourth-order valence-corrected chi connectivity index (χ4v) is 2.04. The first-order valence-electron chi connectivity index (χ1n) is 6.64. The minimum absolute atomic E-state index is 0.0888. The first kappa shape index (κ1) is 15.9. The summed E-state index contributed by atoms with van der Waals surface area (Å²) in [5, 5.41) is 7.85. The zero-order valence-corrected chi connectivity index (χ0v) is 13.0. The maximum absolute atomic E-state index is 13.4. The number of hydrogen-bond acceptors (Lipinski definition) is 2. The average Bonchev–Trinajstić information content (AvgIpc) is 2.80. The summed E-state index contributed by atoms with van der Waals surface area (Å²) in [5.74, 6) is 0. The molecule has 0 fully saturated rings. The van der Waals surface area contributed by atoms with E-state index in [1.807, 2.05) is 20.8 Å². The van der Waals surface area contributed by atoms with Gasteiger partial charge in [0.2, 0.25) is 0 Å². The van der Waals surface area contributed by atoms with Crippen LogP contribution in [0.4, 0.5) is 8.78 Å². The minimum atomic E-state index is -2.60. The second-order valence-corrected chi connectivity index (χ2v) is 6.28. The summed E-state index contributed by atoms with van der Waals surface area (Å²) in [4.78, 5) is 0. The number of hydrogen-bond donors (Lipinski definition) is 1. The molecular weight excluding hydrogens is 296 g/mol. The molecule has 0 bridgehead atoms. The molecule has 114 valence electrons. The van der Waals surface area contributed by atoms with Gasteiger partial charge in [0.05, 0.1) is 11.9 Å². The van der Waals surface area contributed by atoms with Crippen molar-refractivity contribution in [2.45, 2.75) is 39.3 Å². The fraction of sp³-hybridized carbons (Fsp3) is 0.400. The summed E-state index contributed by atoms with van der Waals surface area (Å²) >= 11 is 5.82. The molecule has 0 aliphatic rings. The van der Waals surface area contributed by atoms with E-state index in [0.29, 0.717) is 22.8 Å². The molecule has 0 unspecified atom stereocenters. The van der Waals surface area contributed by atoms with Gasteiger partial charge in [-0.05, 0) is 45.0 Å². The summed E-state index contributed by atoms with van der Waals surface area (Å²) < 4.78 is 28.0. The van der Waals surface area contributed by atoms with Crippen molar-refractivity contribution < 1.29 is 8.78 Å². The van der Waals surface area contributed by atoms with Gasteiger partial charge in [0.25, 0.3) is 6.43 Å². The lowest BCUT2D eigenvalue weighted by molar-refractivity contribution is 0.141. The highest BCUT2D eigenvalue weighted by molar-refractivity contribution is 6.30. The van der Waals surface area contributed by atoms with Crippen molar-refractivity contribution in [1.82, 2.24) is 15.1 Å². The summed E-state index contributed by atoms with van der Waals surface area (Å²) in [6.07, 6.45) is -1.12. The first-order chi connectivity index (χ1) is 9.78. The SMILES string of the molecule is CC(C)(C)NCc1cnn(-c2ccc(Cl)cc2)c1C(F)F. The minimum Gasteiger partial charge on any atom is -0.308 e. The van der Waals surface area contributed by atoms with Gasteiger partial charge in [-0.25, -0.2) is 13.5 Å². The topological polar surface area (TPSA) is 29.9 Å². The Balaban J connectivity index is 2.35. The number of alkyl halides is 2. The molecule has 0 aliphatic carbocycles. The Morgan fingerprint density at radius 1 is 1.24 bits per heavy atom. The van der Waals surface area contributed by atoms with Crippen molar-refractivity contribution >= 4 is 11.6 Å². The summed E-state index contributed by atoms with van der Waals surface area (Å²) in [6.45, 7) is 6.30. The lowest BCUT2D eigenvalue weighted by atomic mass is 10.1. The van der Waals surface area contributed by atoms with Crippen molar-refractivity contribution in [3.63, 3.8) is 0 Å². The Morgan fingerprint density at radius 3 is 2.38 bits per heavy atom. The van der Waals surface area contributed by atoms with Crippen LogP contribution in [0.25, 0.3) is 5.69 Å². The van der Waals surface area contributed by atoms with E-state index in [0.717, 1.165) is 0 Å². The van der Waals surface area contributed by atoms with Crippen LogP contribution in [0.1, 0.15) is 38.5 Å². The van der Waals surface area contributed by atoms with E-state index in [-0.39, 0.29) is 11.2 Å². The Kier molecular flexibility index (Phi) is 4.64. The predicted octanol–water partition coefficient (Wildman–Crippen LogP) is 4.35. The molecular formula is C15H18ClF2N3. The molecule has 21 heavy (non-hydrogen) atoms.